The summed E-state index contributed by atoms with van der Waals surface area (Å²) >= 11 is 6.42. The van der Waals surface area contributed by atoms with E-state index < -0.39 is 32.9 Å². The minimum Gasteiger partial charge on any atom is -0.490 e. The van der Waals surface area contributed by atoms with Gasteiger partial charge >= 0.3 is 6.09 Å². The molecule has 2 aromatic carbocycles. The fourth-order valence-electron chi connectivity index (χ4n) is 8.11. The topological polar surface area (TPSA) is 114 Å². The minimum atomic E-state index is -3.97. The quantitative estimate of drug-likeness (QED) is 0.368. The third kappa shape index (κ3) is 5.37. The Hall–Kier alpha value is -3.24. The summed E-state index contributed by atoms with van der Waals surface area (Å²) in [5, 5.41) is 2.78. The number of rotatable bonds is 0. The van der Waals surface area contributed by atoms with Crippen molar-refractivity contribution >= 4 is 39.3 Å². The Bertz CT molecular complexity index is 1680. The summed E-state index contributed by atoms with van der Waals surface area (Å²) in [6.45, 7) is 5.66. The molecule has 7 rings (SSSR count). The molecular formula is C34H40ClN3O6S. The van der Waals surface area contributed by atoms with Crippen molar-refractivity contribution < 1.29 is 27.5 Å². The highest BCUT2D eigenvalue weighted by atomic mass is 35.5. The molecule has 2 spiro atoms. The van der Waals surface area contributed by atoms with Gasteiger partial charge in [0.25, 0.3) is 5.91 Å². The van der Waals surface area contributed by atoms with Gasteiger partial charge in [-0.1, -0.05) is 30.7 Å². The molecule has 240 valence electrons. The van der Waals surface area contributed by atoms with Gasteiger partial charge in [-0.15, -0.1) is 0 Å². The van der Waals surface area contributed by atoms with Gasteiger partial charge in [0.15, 0.2) is 5.60 Å². The van der Waals surface area contributed by atoms with E-state index in [0.717, 1.165) is 42.8 Å². The molecule has 5 aliphatic rings. The van der Waals surface area contributed by atoms with Gasteiger partial charge in [0, 0.05) is 35.0 Å². The Kier molecular flexibility index (Phi) is 7.59. The van der Waals surface area contributed by atoms with Gasteiger partial charge in [-0.05, 0) is 105 Å². The van der Waals surface area contributed by atoms with E-state index in [1.165, 1.54) is 11.1 Å². The Morgan fingerprint density at radius 1 is 1.09 bits per heavy atom. The number of hydrogen-bond donors (Lipinski definition) is 2. The summed E-state index contributed by atoms with van der Waals surface area (Å²) in [4.78, 5) is 28.2. The smallest absolute Gasteiger partial charge is 0.408 e. The number of carbonyl (C=O) groups excluding carboxylic acids is 2. The predicted molar refractivity (Wildman–Crippen MR) is 172 cm³/mol. The van der Waals surface area contributed by atoms with E-state index in [2.05, 4.69) is 27.1 Å². The molecule has 6 atom stereocenters. The van der Waals surface area contributed by atoms with Crippen LogP contribution in [-0.4, -0.2) is 57.5 Å². The lowest BCUT2D eigenvalue weighted by molar-refractivity contribution is -0.0241. The fourth-order valence-corrected chi connectivity index (χ4v) is 9.59. The molecule has 2 N–H and O–H groups in total. The largest absolute Gasteiger partial charge is 0.490 e. The van der Waals surface area contributed by atoms with Gasteiger partial charge < -0.3 is 19.7 Å². The lowest BCUT2D eigenvalue weighted by Crippen LogP contribution is -2.53. The van der Waals surface area contributed by atoms with Crippen LogP contribution in [0.1, 0.15) is 67.4 Å². The molecule has 45 heavy (non-hydrogen) atoms. The molecule has 2 bridgehead atoms. The van der Waals surface area contributed by atoms with Crippen LogP contribution in [0.5, 0.6) is 5.75 Å². The van der Waals surface area contributed by atoms with Gasteiger partial charge in [-0.3, -0.25) is 4.79 Å². The van der Waals surface area contributed by atoms with Crippen molar-refractivity contribution in [3.63, 3.8) is 0 Å². The molecule has 3 heterocycles. The summed E-state index contributed by atoms with van der Waals surface area (Å²) in [5.74, 6) is 0.0415. The number of aryl methyl sites for hydroxylation is 1. The number of anilines is 1. The fraction of sp³-hybridized carbons (Fsp3) is 0.529. The van der Waals surface area contributed by atoms with E-state index in [0.29, 0.717) is 38.4 Å². The first kappa shape index (κ1) is 30.4. The van der Waals surface area contributed by atoms with Crippen LogP contribution in [0.3, 0.4) is 0 Å². The Labute approximate surface area is 269 Å². The number of alkyl carbamates (subject to hydrolysis) is 1. The standard InChI is InChI=1S/C34H40ClN3O6S/c1-21-5-3-14-34(18-36-32(40)44-34)28-10-7-25(28)17-38-19-33(13-4-6-23-15-26(35)9-11-27(23)33)20-43-30-12-8-24(16-29(30)38)31(39)37-45(41,42)22(21)2/h3,8-9,11-12,14-16,21-22,25,28H,4-7,10,13,17-20H2,1-2H3,(H,36,40)(H,37,39)/b14-3+/t21-,22+,25-,28+,33-,34+/m0/s1. The predicted octanol–water partition coefficient (Wildman–Crippen LogP) is 5.36. The van der Waals surface area contributed by atoms with E-state index in [4.69, 9.17) is 21.1 Å². The summed E-state index contributed by atoms with van der Waals surface area (Å²) in [6, 6.07) is 11.3. The van der Waals surface area contributed by atoms with Crippen LogP contribution in [0.15, 0.2) is 48.6 Å². The SMILES string of the molecule is C[C@@H]1[C@@H](C)C/C=C/[C@@]2(CNC(=O)O2)[C@@H]2CC[C@H]2CN2C[C@@]3(CCCc4cc(Cl)ccc43)COc3ccc(cc32)C(=O)NS1(=O)=O. The Morgan fingerprint density at radius 2 is 1.93 bits per heavy atom. The minimum absolute atomic E-state index is 0.0876. The average Bonchev–Trinajstić information content (AvgIpc) is 3.28. The second-order valence-corrected chi connectivity index (χ2v) is 16.2. The highest BCUT2D eigenvalue weighted by Crippen LogP contribution is 2.49. The molecule has 9 nitrogen and oxygen atoms in total. The van der Waals surface area contributed by atoms with Crippen molar-refractivity contribution in [1.82, 2.24) is 10.0 Å². The summed E-state index contributed by atoms with van der Waals surface area (Å²) in [7, 11) is -3.97. The molecule has 1 saturated heterocycles. The van der Waals surface area contributed by atoms with E-state index in [-0.39, 0.29) is 28.7 Å². The molecule has 0 radical (unpaired) electrons. The first-order valence-electron chi connectivity index (χ1n) is 16.0. The van der Waals surface area contributed by atoms with Gasteiger partial charge in [0.05, 0.1) is 24.1 Å². The summed E-state index contributed by atoms with van der Waals surface area (Å²) < 4.78 is 41.6. The highest BCUT2D eigenvalue weighted by Gasteiger charge is 2.53. The number of ether oxygens (including phenoxy) is 2. The van der Waals surface area contributed by atoms with Crippen LogP contribution in [0, 0.1) is 17.8 Å². The van der Waals surface area contributed by atoms with Crippen LogP contribution < -0.4 is 19.7 Å². The Morgan fingerprint density at radius 3 is 2.69 bits per heavy atom. The van der Waals surface area contributed by atoms with Crippen molar-refractivity contribution in [1.29, 1.82) is 0 Å². The number of allylic oxidation sites excluding steroid dienone is 1. The first-order valence-corrected chi connectivity index (χ1v) is 17.9. The summed E-state index contributed by atoms with van der Waals surface area (Å²) in [5.41, 5.74) is 2.41. The third-order valence-electron chi connectivity index (χ3n) is 11.0. The number of nitrogens with zero attached hydrogens (tertiary/aromatic N) is 1. The molecular weight excluding hydrogens is 614 g/mol. The number of sulfonamides is 1. The molecule has 2 amide bonds. The zero-order valence-corrected chi connectivity index (χ0v) is 27.3. The maximum atomic E-state index is 13.4. The molecule has 11 heteroatoms. The number of fused-ring (bicyclic) bond motifs is 5. The Balaban J connectivity index is 1.33. The number of amides is 2. The van der Waals surface area contributed by atoms with E-state index in [1.807, 2.05) is 25.1 Å². The molecule has 0 aromatic heterocycles. The normalized spacial score (nSPS) is 34.7. The molecule has 2 aliphatic carbocycles. The second-order valence-electron chi connectivity index (χ2n) is 13.7. The van der Waals surface area contributed by atoms with Crippen LogP contribution in [0.25, 0.3) is 0 Å². The van der Waals surface area contributed by atoms with Gasteiger partial charge in [0.1, 0.15) is 5.75 Å². The molecule has 3 aliphatic heterocycles. The van der Waals surface area contributed by atoms with Crippen LogP contribution >= 0.6 is 11.6 Å². The van der Waals surface area contributed by atoms with Gasteiger partial charge in [0.2, 0.25) is 10.0 Å². The number of carbonyl (C=O) groups is 2. The monoisotopic (exact) mass is 653 g/mol. The first-order chi connectivity index (χ1) is 21.5. The van der Waals surface area contributed by atoms with E-state index in [1.54, 1.807) is 25.1 Å². The maximum Gasteiger partial charge on any atom is 0.408 e. The lowest BCUT2D eigenvalue weighted by Gasteiger charge is -2.48. The van der Waals surface area contributed by atoms with Crippen molar-refractivity contribution in [3.8, 4) is 5.75 Å². The van der Waals surface area contributed by atoms with Crippen molar-refractivity contribution in [2.24, 2.45) is 17.8 Å². The maximum absolute atomic E-state index is 13.4. The van der Waals surface area contributed by atoms with Crippen molar-refractivity contribution in [2.75, 3.05) is 31.1 Å². The van der Waals surface area contributed by atoms with Gasteiger partial charge in [-0.25, -0.2) is 17.9 Å². The zero-order chi connectivity index (χ0) is 31.6. The lowest BCUT2D eigenvalue weighted by atomic mass is 9.64. The van der Waals surface area contributed by atoms with Crippen molar-refractivity contribution in [3.05, 3.63) is 70.3 Å². The molecule has 2 aromatic rings. The average molecular weight is 654 g/mol. The van der Waals surface area contributed by atoms with Crippen molar-refractivity contribution in [2.45, 2.75) is 68.6 Å². The van der Waals surface area contributed by atoms with Gasteiger partial charge in [-0.2, -0.15) is 0 Å². The third-order valence-corrected chi connectivity index (χ3v) is 13.2. The molecule has 1 saturated carbocycles. The van der Waals surface area contributed by atoms with E-state index >= 15 is 0 Å². The van der Waals surface area contributed by atoms with Crippen LogP contribution in [0.4, 0.5) is 10.5 Å². The number of halogens is 1. The number of hydrogen-bond acceptors (Lipinski definition) is 7. The van der Waals surface area contributed by atoms with Crippen LogP contribution in [0.2, 0.25) is 5.02 Å². The summed E-state index contributed by atoms with van der Waals surface area (Å²) in [6.07, 6.45) is 8.74. The number of nitrogens with one attached hydrogen (secondary N) is 2. The molecule has 0 unspecified atom stereocenters. The van der Waals surface area contributed by atoms with Crippen LogP contribution in [-0.2, 0) is 26.6 Å². The molecule has 2 fully saturated rings. The van der Waals surface area contributed by atoms with E-state index in [9.17, 15) is 18.0 Å². The number of benzene rings is 2. The second kappa shape index (κ2) is 11.2. The highest BCUT2D eigenvalue weighted by molar-refractivity contribution is 7.90. The zero-order valence-electron chi connectivity index (χ0n) is 25.7.